The molecule has 0 bridgehead atoms. The molecule has 1 N–H and O–H groups in total. The molecule has 0 radical (unpaired) electrons. The van der Waals surface area contributed by atoms with Crippen LogP contribution in [-0.4, -0.2) is 41.3 Å². The van der Waals surface area contributed by atoms with E-state index in [4.69, 9.17) is 5.26 Å². The zero-order chi connectivity index (χ0) is 24.1. The molecule has 0 aliphatic carbocycles. The standard InChI is InChI=1S/C25H27N5O3S/c1-19(24-15-27-18-29(24)16-21-11-9-20(14-26)10-12-21)28-25(31)22-6-5-13-30(17-22)34(32,33)23-7-3-2-4-8-23/h2-4,7-12,15,18-19,22H,5-6,13,16-17H2,1H3,(H,28,31)/t19-,22?/m0/s1. The van der Waals surface area contributed by atoms with Crippen molar-refractivity contribution in [3.05, 3.63) is 83.9 Å². The number of sulfonamides is 1. The van der Waals surface area contributed by atoms with Gasteiger partial charge >= 0.3 is 0 Å². The SMILES string of the molecule is C[C@H](NC(=O)C1CCCN(S(=O)(=O)c2ccccc2)C1)c1cncn1Cc1ccc(C#N)cc1. The molecular weight excluding hydrogens is 450 g/mol. The topological polar surface area (TPSA) is 108 Å². The third-order valence-corrected chi connectivity index (χ3v) is 8.00. The molecule has 34 heavy (non-hydrogen) atoms. The molecule has 1 fully saturated rings. The molecule has 0 saturated carbocycles. The van der Waals surface area contributed by atoms with Gasteiger partial charge in [-0.3, -0.25) is 4.79 Å². The van der Waals surface area contributed by atoms with E-state index in [1.807, 2.05) is 23.6 Å². The van der Waals surface area contributed by atoms with Gasteiger partial charge in [-0.1, -0.05) is 30.3 Å². The summed E-state index contributed by atoms with van der Waals surface area (Å²) in [4.78, 5) is 17.5. The number of nitriles is 1. The Labute approximate surface area is 199 Å². The highest BCUT2D eigenvalue weighted by Gasteiger charge is 2.33. The van der Waals surface area contributed by atoms with Crippen LogP contribution in [0.15, 0.2) is 72.0 Å². The molecule has 9 heteroatoms. The lowest BCUT2D eigenvalue weighted by molar-refractivity contribution is -0.126. The van der Waals surface area contributed by atoms with Gasteiger partial charge in [-0.05, 0) is 49.6 Å². The molecule has 0 spiro atoms. The van der Waals surface area contributed by atoms with Gasteiger partial charge in [-0.25, -0.2) is 13.4 Å². The van der Waals surface area contributed by atoms with E-state index in [1.54, 1.807) is 55.0 Å². The Morgan fingerprint density at radius 2 is 1.94 bits per heavy atom. The lowest BCUT2D eigenvalue weighted by Crippen LogP contribution is -2.45. The Morgan fingerprint density at radius 3 is 2.65 bits per heavy atom. The van der Waals surface area contributed by atoms with E-state index in [2.05, 4.69) is 16.4 Å². The van der Waals surface area contributed by atoms with Crippen LogP contribution in [0.5, 0.6) is 0 Å². The molecule has 1 aliphatic heterocycles. The quantitative estimate of drug-likeness (QED) is 0.563. The summed E-state index contributed by atoms with van der Waals surface area (Å²) in [7, 11) is -3.63. The second-order valence-corrected chi connectivity index (χ2v) is 10.4. The van der Waals surface area contributed by atoms with Crippen LogP contribution in [0.2, 0.25) is 0 Å². The van der Waals surface area contributed by atoms with Gasteiger partial charge in [0, 0.05) is 19.6 Å². The number of benzene rings is 2. The number of imidazole rings is 1. The molecule has 1 aromatic heterocycles. The minimum Gasteiger partial charge on any atom is -0.348 e. The molecule has 2 aromatic carbocycles. The summed E-state index contributed by atoms with van der Waals surface area (Å²) in [5.41, 5.74) is 2.47. The number of hydrogen-bond donors (Lipinski definition) is 1. The molecule has 176 valence electrons. The molecule has 3 aromatic rings. The molecule has 2 heterocycles. The molecule has 8 nitrogen and oxygen atoms in total. The number of aromatic nitrogens is 2. The average molecular weight is 478 g/mol. The molecule has 2 atom stereocenters. The van der Waals surface area contributed by atoms with Crippen LogP contribution in [0.3, 0.4) is 0 Å². The van der Waals surface area contributed by atoms with E-state index in [-0.39, 0.29) is 23.4 Å². The third kappa shape index (κ3) is 5.19. The Kier molecular flexibility index (Phi) is 7.10. The van der Waals surface area contributed by atoms with E-state index < -0.39 is 15.9 Å². The largest absolute Gasteiger partial charge is 0.348 e. The average Bonchev–Trinajstić information content (AvgIpc) is 3.33. The smallest absolute Gasteiger partial charge is 0.243 e. The van der Waals surface area contributed by atoms with Crippen LogP contribution in [0, 0.1) is 17.2 Å². The number of nitrogens with one attached hydrogen (secondary N) is 1. The predicted molar refractivity (Wildman–Crippen MR) is 127 cm³/mol. The third-order valence-electron chi connectivity index (χ3n) is 6.12. The van der Waals surface area contributed by atoms with Crippen molar-refractivity contribution < 1.29 is 13.2 Å². The maximum absolute atomic E-state index is 13.1. The van der Waals surface area contributed by atoms with Crippen LogP contribution in [0.1, 0.15) is 42.6 Å². The van der Waals surface area contributed by atoms with Crippen molar-refractivity contribution in [1.29, 1.82) is 5.26 Å². The summed E-state index contributed by atoms with van der Waals surface area (Å²) in [6.45, 7) is 3.04. The number of nitrogens with zero attached hydrogens (tertiary/aromatic N) is 4. The van der Waals surface area contributed by atoms with Crippen LogP contribution < -0.4 is 5.32 Å². The first-order valence-corrected chi connectivity index (χ1v) is 12.7. The fourth-order valence-corrected chi connectivity index (χ4v) is 5.77. The molecule has 1 aliphatic rings. The Bertz CT molecular complexity index is 1280. The van der Waals surface area contributed by atoms with Gasteiger partial charge in [0.25, 0.3) is 0 Å². The van der Waals surface area contributed by atoms with Crippen molar-refractivity contribution in [3.8, 4) is 6.07 Å². The first-order chi connectivity index (χ1) is 16.4. The monoisotopic (exact) mass is 477 g/mol. The zero-order valence-corrected chi connectivity index (χ0v) is 19.8. The Morgan fingerprint density at radius 1 is 1.21 bits per heavy atom. The Hall–Kier alpha value is -3.48. The minimum absolute atomic E-state index is 0.161. The summed E-state index contributed by atoms with van der Waals surface area (Å²) < 4.78 is 29.3. The second kappa shape index (κ2) is 10.2. The molecule has 1 amide bonds. The minimum atomic E-state index is -3.63. The first kappa shape index (κ1) is 23.7. The number of piperidine rings is 1. The Balaban J connectivity index is 1.41. The van der Waals surface area contributed by atoms with E-state index in [0.29, 0.717) is 31.5 Å². The molecular formula is C25H27N5O3S. The van der Waals surface area contributed by atoms with E-state index in [1.165, 1.54) is 4.31 Å². The van der Waals surface area contributed by atoms with Crippen molar-refractivity contribution in [3.63, 3.8) is 0 Å². The zero-order valence-electron chi connectivity index (χ0n) is 19.0. The summed E-state index contributed by atoms with van der Waals surface area (Å²) in [5.74, 6) is -0.573. The first-order valence-electron chi connectivity index (χ1n) is 11.2. The van der Waals surface area contributed by atoms with Crippen molar-refractivity contribution in [1.82, 2.24) is 19.2 Å². The van der Waals surface area contributed by atoms with Crippen LogP contribution in [-0.2, 0) is 21.4 Å². The fourth-order valence-electron chi connectivity index (χ4n) is 4.23. The van der Waals surface area contributed by atoms with Crippen LogP contribution in [0.25, 0.3) is 0 Å². The van der Waals surface area contributed by atoms with Gasteiger partial charge in [0.2, 0.25) is 15.9 Å². The van der Waals surface area contributed by atoms with Crippen molar-refractivity contribution in [2.45, 2.75) is 37.2 Å². The second-order valence-electron chi connectivity index (χ2n) is 8.50. The van der Waals surface area contributed by atoms with E-state index in [9.17, 15) is 13.2 Å². The van der Waals surface area contributed by atoms with Crippen molar-refractivity contribution in [2.24, 2.45) is 5.92 Å². The van der Waals surface area contributed by atoms with Gasteiger partial charge in [0.15, 0.2) is 0 Å². The molecule has 1 saturated heterocycles. The van der Waals surface area contributed by atoms with Gasteiger partial charge in [0.1, 0.15) is 0 Å². The summed E-state index contributed by atoms with van der Waals surface area (Å²) >= 11 is 0. The van der Waals surface area contributed by atoms with Crippen molar-refractivity contribution >= 4 is 15.9 Å². The van der Waals surface area contributed by atoms with Gasteiger partial charge in [0.05, 0.1) is 46.7 Å². The highest BCUT2D eigenvalue weighted by molar-refractivity contribution is 7.89. The van der Waals surface area contributed by atoms with E-state index >= 15 is 0 Å². The number of carbonyl (C=O) groups excluding carboxylic acids is 1. The highest BCUT2D eigenvalue weighted by Crippen LogP contribution is 2.25. The number of rotatable bonds is 7. The van der Waals surface area contributed by atoms with Gasteiger partial charge in [-0.2, -0.15) is 9.57 Å². The maximum Gasteiger partial charge on any atom is 0.243 e. The van der Waals surface area contributed by atoms with Crippen LogP contribution in [0.4, 0.5) is 0 Å². The predicted octanol–water partition coefficient (Wildman–Crippen LogP) is 3.08. The number of carbonyl (C=O) groups is 1. The van der Waals surface area contributed by atoms with Crippen LogP contribution >= 0.6 is 0 Å². The lowest BCUT2D eigenvalue weighted by atomic mass is 9.98. The lowest BCUT2D eigenvalue weighted by Gasteiger charge is -2.32. The normalized spacial score (nSPS) is 17.6. The summed E-state index contributed by atoms with van der Waals surface area (Å²) in [6, 6.07) is 17.5. The fraction of sp³-hybridized carbons (Fsp3) is 0.320. The highest BCUT2D eigenvalue weighted by atomic mass is 32.2. The van der Waals surface area contributed by atoms with Gasteiger partial charge in [-0.15, -0.1) is 0 Å². The number of hydrogen-bond acceptors (Lipinski definition) is 5. The number of amides is 1. The summed E-state index contributed by atoms with van der Waals surface area (Å²) in [5, 5.41) is 12.0. The maximum atomic E-state index is 13.1. The van der Waals surface area contributed by atoms with Gasteiger partial charge < -0.3 is 9.88 Å². The van der Waals surface area contributed by atoms with Crippen molar-refractivity contribution in [2.75, 3.05) is 13.1 Å². The summed E-state index contributed by atoms with van der Waals surface area (Å²) in [6.07, 6.45) is 4.71. The van der Waals surface area contributed by atoms with E-state index in [0.717, 1.165) is 11.3 Å². The molecule has 4 rings (SSSR count). The molecule has 1 unspecified atom stereocenters.